The highest BCUT2D eigenvalue weighted by Crippen LogP contribution is 2.37. The Morgan fingerprint density at radius 3 is 2.55 bits per heavy atom. The molecule has 0 bridgehead atoms. The van der Waals surface area contributed by atoms with Crippen LogP contribution in [0.4, 0.5) is 0 Å². The van der Waals surface area contributed by atoms with Gasteiger partial charge >= 0.3 is 0 Å². The first-order valence-electron chi connectivity index (χ1n) is 8.22. The summed E-state index contributed by atoms with van der Waals surface area (Å²) in [6.45, 7) is 8.87. The van der Waals surface area contributed by atoms with E-state index in [9.17, 15) is 0 Å². The SMILES string of the molecule is Cc1nc(C2CCC(C(C)C)CC2)nc2c1CNCC2. The largest absolute Gasteiger partial charge is 0.312 e. The van der Waals surface area contributed by atoms with E-state index in [1.54, 1.807) is 0 Å². The average molecular weight is 273 g/mol. The third-order valence-electron chi connectivity index (χ3n) is 5.24. The summed E-state index contributed by atoms with van der Waals surface area (Å²) in [7, 11) is 0. The van der Waals surface area contributed by atoms with Crippen LogP contribution in [0.15, 0.2) is 0 Å². The van der Waals surface area contributed by atoms with Crippen molar-refractivity contribution < 1.29 is 0 Å². The molecule has 1 aliphatic heterocycles. The number of hydrogen-bond donors (Lipinski definition) is 1. The molecule has 0 amide bonds. The fraction of sp³-hybridized carbons (Fsp3) is 0.765. The minimum Gasteiger partial charge on any atom is -0.312 e. The molecule has 0 unspecified atom stereocenters. The second-order valence-corrected chi connectivity index (χ2v) is 6.87. The molecule has 0 spiro atoms. The summed E-state index contributed by atoms with van der Waals surface area (Å²) in [5.41, 5.74) is 3.84. The molecule has 1 saturated carbocycles. The van der Waals surface area contributed by atoms with Crippen LogP contribution in [0.2, 0.25) is 0 Å². The van der Waals surface area contributed by atoms with Crippen LogP contribution < -0.4 is 5.32 Å². The monoisotopic (exact) mass is 273 g/mol. The Kier molecular flexibility index (Phi) is 4.06. The van der Waals surface area contributed by atoms with Crippen molar-refractivity contribution in [1.29, 1.82) is 0 Å². The molecule has 1 fully saturated rings. The highest BCUT2D eigenvalue weighted by molar-refractivity contribution is 5.28. The molecule has 1 aliphatic carbocycles. The van der Waals surface area contributed by atoms with Gasteiger partial charge in [0.05, 0.1) is 5.69 Å². The van der Waals surface area contributed by atoms with Crippen molar-refractivity contribution in [2.75, 3.05) is 6.54 Å². The molecule has 3 nitrogen and oxygen atoms in total. The second-order valence-electron chi connectivity index (χ2n) is 6.87. The van der Waals surface area contributed by atoms with E-state index < -0.39 is 0 Å². The van der Waals surface area contributed by atoms with Crippen molar-refractivity contribution in [2.24, 2.45) is 11.8 Å². The van der Waals surface area contributed by atoms with E-state index >= 15 is 0 Å². The Morgan fingerprint density at radius 2 is 1.85 bits per heavy atom. The van der Waals surface area contributed by atoms with Crippen LogP contribution in [-0.4, -0.2) is 16.5 Å². The lowest BCUT2D eigenvalue weighted by molar-refractivity contribution is 0.254. The molecule has 0 saturated heterocycles. The summed E-state index contributed by atoms with van der Waals surface area (Å²) in [6, 6.07) is 0. The third-order valence-corrected chi connectivity index (χ3v) is 5.24. The zero-order valence-electron chi connectivity index (χ0n) is 13.1. The number of rotatable bonds is 2. The second kappa shape index (κ2) is 5.80. The molecule has 0 aromatic carbocycles. The van der Waals surface area contributed by atoms with Gasteiger partial charge in [0, 0.05) is 36.7 Å². The van der Waals surface area contributed by atoms with Gasteiger partial charge in [-0.2, -0.15) is 0 Å². The van der Waals surface area contributed by atoms with Crippen LogP contribution in [-0.2, 0) is 13.0 Å². The molecule has 2 aliphatic rings. The van der Waals surface area contributed by atoms with Gasteiger partial charge in [-0.25, -0.2) is 9.97 Å². The summed E-state index contributed by atoms with van der Waals surface area (Å²) in [4.78, 5) is 9.75. The molecule has 1 aromatic heterocycles. The number of nitrogens with zero attached hydrogens (tertiary/aromatic N) is 2. The molecule has 1 N–H and O–H groups in total. The standard InChI is InChI=1S/C17H27N3/c1-11(2)13-4-6-14(7-5-13)17-19-12(3)15-10-18-9-8-16(15)20-17/h11,13-14,18H,4-10H2,1-3H3. The highest BCUT2D eigenvalue weighted by Gasteiger charge is 2.27. The molecule has 110 valence electrons. The van der Waals surface area contributed by atoms with Crippen molar-refractivity contribution in [3.05, 3.63) is 22.8 Å². The maximum absolute atomic E-state index is 4.92. The quantitative estimate of drug-likeness (QED) is 0.898. The molecule has 20 heavy (non-hydrogen) atoms. The van der Waals surface area contributed by atoms with Crippen LogP contribution in [0, 0.1) is 18.8 Å². The smallest absolute Gasteiger partial charge is 0.131 e. The average Bonchev–Trinajstić information content (AvgIpc) is 2.47. The first-order chi connectivity index (χ1) is 9.65. The first kappa shape index (κ1) is 14.0. The first-order valence-corrected chi connectivity index (χ1v) is 8.22. The van der Waals surface area contributed by atoms with E-state index in [1.165, 1.54) is 42.6 Å². The van der Waals surface area contributed by atoms with Crippen LogP contribution in [0.5, 0.6) is 0 Å². The minimum absolute atomic E-state index is 0.601. The molecule has 3 rings (SSSR count). The predicted octanol–water partition coefficient (Wildman–Crippen LogP) is 3.36. The lowest BCUT2D eigenvalue weighted by Crippen LogP contribution is -2.27. The van der Waals surface area contributed by atoms with Gasteiger partial charge in [-0.05, 0) is 44.4 Å². The van der Waals surface area contributed by atoms with Crippen LogP contribution >= 0.6 is 0 Å². The van der Waals surface area contributed by atoms with Crippen molar-refractivity contribution in [3.63, 3.8) is 0 Å². The highest BCUT2D eigenvalue weighted by atomic mass is 15.0. The molecule has 0 radical (unpaired) electrons. The van der Waals surface area contributed by atoms with Gasteiger partial charge in [0.15, 0.2) is 0 Å². The summed E-state index contributed by atoms with van der Waals surface area (Å²) in [5.74, 6) is 3.47. The van der Waals surface area contributed by atoms with E-state index in [-0.39, 0.29) is 0 Å². The number of aromatic nitrogens is 2. The predicted molar refractivity (Wildman–Crippen MR) is 81.7 cm³/mol. The Bertz CT molecular complexity index is 473. The Labute approximate surface area is 122 Å². The molecular formula is C17H27N3. The van der Waals surface area contributed by atoms with Gasteiger partial charge in [-0.3, -0.25) is 0 Å². The summed E-state index contributed by atoms with van der Waals surface area (Å²) >= 11 is 0. The fourth-order valence-corrected chi connectivity index (χ4v) is 3.76. The Morgan fingerprint density at radius 1 is 1.10 bits per heavy atom. The van der Waals surface area contributed by atoms with Crippen molar-refractivity contribution >= 4 is 0 Å². The molecule has 3 heteroatoms. The van der Waals surface area contributed by atoms with E-state index in [4.69, 9.17) is 9.97 Å². The van der Waals surface area contributed by atoms with E-state index in [0.717, 1.165) is 37.2 Å². The summed E-state index contributed by atoms with van der Waals surface area (Å²) in [6.07, 6.45) is 6.32. The molecule has 2 heterocycles. The number of hydrogen-bond acceptors (Lipinski definition) is 3. The summed E-state index contributed by atoms with van der Waals surface area (Å²) in [5, 5.41) is 3.42. The van der Waals surface area contributed by atoms with Gasteiger partial charge < -0.3 is 5.32 Å². The number of nitrogens with one attached hydrogen (secondary N) is 1. The minimum atomic E-state index is 0.601. The van der Waals surface area contributed by atoms with E-state index in [1.807, 2.05) is 0 Å². The fourth-order valence-electron chi connectivity index (χ4n) is 3.76. The van der Waals surface area contributed by atoms with Gasteiger partial charge in [-0.15, -0.1) is 0 Å². The Hall–Kier alpha value is -0.960. The number of aryl methyl sites for hydroxylation is 1. The topological polar surface area (TPSA) is 37.8 Å². The van der Waals surface area contributed by atoms with Crippen LogP contribution in [0.25, 0.3) is 0 Å². The maximum Gasteiger partial charge on any atom is 0.131 e. The van der Waals surface area contributed by atoms with Crippen molar-refractivity contribution in [1.82, 2.24) is 15.3 Å². The third kappa shape index (κ3) is 2.73. The molecule has 0 atom stereocenters. The van der Waals surface area contributed by atoms with Crippen molar-refractivity contribution in [2.45, 2.75) is 65.3 Å². The number of fused-ring (bicyclic) bond motifs is 1. The van der Waals surface area contributed by atoms with Crippen LogP contribution in [0.3, 0.4) is 0 Å². The summed E-state index contributed by atoms with van der Waals surface area (Å²) < 4.78 is 0. The lowest BCUT2D eigenvalue weighted by Gasteiger charge is -2.30. The molecular weight excluding hydrogens is 246 g/mol. The van der Waals surface area contributed by atoms with Gasteiger partial charge in [0.2, 0.25) is 0 Å². The van der Waals surface area contributed by atoms with E-state index in [0.29, 0.717) is 5.92 Å². The zero-order chi connectivity index (χ0) is 14.1. The van der Waals surface area contributed by atoms with Gasteiger partial charge in [-0.1, -0.05) is 13.8 Å². The van der Waals surface area contributed by atoms with Crippen molar-refractivity contribution in [3.8, 4) is 0 Å². The lowest BCUT2D eigenvalue weighted by atomic mass is 9.76. The van der Waals surface area contributed by atoms with Crippen LogP contribution in [0.1, 0.15) is 68.2 Å². The van der Waals surface area contributed by atoms with E-state index in [2.05, 4.69) is 26.1 Å². The Balaban J connectivity index is 1.76. The normalized spacial score (nSPS) is 26.6. The maximum atomic E-state index is 4.92. The van der Waals surface area contributed by atoms with Gasteiger partial charge in [0.25, 0.3) is 0 Å². The molecule has 1 aromatic rings. The zero-order valence-corrected chi connectivity index (χ0v) is 13.1. The van der Waals surface area contributed by atoms with Gasteiger partial charge in [0.1, 0.15) is 5.82 Å².